The van der Waals surface area contributed by atoms with Crippen molar-refractivity contribution >= 4 is 33.2 Å². The minimum absolute atomic E-state index is 0.0251. The molecule has 1 fully saturated rings. The van der Waals surface area contributed by atoms with Crippen molar-refractivity contribution in [2.24, 2.45) is 0 Å². The van der Waals surface area contributed by atoms with Gasteiger partial charge in [0.05, 0.1) is 4.47 Å². The fourth-order valence-corrected chi connectivity index (χ4v) is 4.03. The summed E-state index contributed by atoms with van der Waals surface area (Å²) in [4.78, 5) is 16.9. The van der Waals surface area contributed by atoms with Crippen molar-refractivity contribution < 1.29 is 9.53 Å². The molecular formula is C21H26BrN3O2. The van der Waals surface area contributed by atoms with Crippen LogP contribution in [-0.4, -0.2) is 50.6 Å². The molecule has 2 aromatic carbocycles. The highest BCUT2D eigenvalue weighted by molar-refractivity contribution is 9.10. The van der Waals surface area contributed by atoms with Gasteiger partial charge in [-0.25, -0.2) is 0 Å². The van der Waals surface area contributed by atoms with Crippen LogP contribution in [0.4, 0.5) is 11.4 Å². The van der Waals surface area contributed by atoms with E-state index < -0.39 is 0 Å². The van der Waals surface area contributed by atoms with Crippen LogP contribution in [0, 0.1) is 13.8 Å². The van der Waals surface area contributed by atoms with Gasteiger partial charge in [0.25, 0.3) is 5.91 Å². The second-order valence-electron chi connectivity index (χ2n) is 7.07. The Hall–Kier alpha value is -2.05. The van der Waals surface area contributed by atoms with Crippen LogP contribution in [-0.2, 0) is 4.79 Å². The fourth-order valence-electron chi connectivity index (χ4n) is 3.24. The molecule has 1 aliphatic rings. The normalized spacial score (nSPS) is 14.9. The van der Waals surface area contributed by atoms with E-state index in [2.05, 4.69) is 50.2 Å². The first-order valence-corrected chi connectivity index (χ1v) is 9.94. The molecule has 5 nitrogen and oxygen atoms in total. The van der Waals surface area contributed by atoms with Gasteiger partial charge in [0.2, 0.25) is 0 Å². The summed E-state index contributed by atoms with van der Waals surface area (Å²) in [5.74, 6) is 0.537. The molecule has 1 saturated heterocycles. The first-order chi connectivity index (χ1) is 12.9. The molecule has 1 heterocycles. The standard InChI is InChI=1S/C21H26BrN3O2/c1-15-12-16(2)21(19(22)13-15)27-14-20(26)23-17-4-6-18(7-5-17)25-10-8-24(3)9-11-25/h4-7,12-13H,8-11,14H2,1-3H3,(H,23,26). The number of piperazine rings is 1. The van der Waals surface area contributed by atoms with Gasteiger partial charge in [-0.1, -0.05) is 6.07 Å². The van der Waals surface area contributed by atoms with Crippen molar-refractivity contribution in [1.29, 1.82) is 0 Å². The molecule has 2 aromatic rings. The van der Waals surface area contributed by atoms with Gasteiger partial charge in [-0.05, 0) is 78.3 Å². The first kappa shape index (κ1) is 19.7. The Bertz CT molecular complexity index is 777. The molecule has 0 atom stereocenters. The lowest BCUT2D eigenvalue weighted by molar-refractivity contribution is -0.118. The van der Waals surface area contributed by atoms with E-state index in [1.807, 2.05) is 38.1 Å². The molecule has 0 saturated carbocycles. The van der Waals surface area contributed by atoms with Crippen molar-refractivity contribution in [2.45, 2.75) is 13.8 Å². The lowest BCUT2D eigenvalue weighted by atomic mass is 10.1. The molecule has 1 amide bonds. The summed E-state index contributed by atoms with van der Waals surface area (Å²) in [5.41, 5.74) is 4.13. The van der Waals surface area contributed by atoms with Crippen LogP contribution in [0.2, 0.25) is 0 Å². The highest BCUT2D eigenvalue weighted by Crippen LogP contribution is 2.30. The second-order valence-corrected chi connectivity index (χ2v) is 7.92. The van der Waals surface area contributed by atoms with Crippen molar-refractivity contribution in [3.8, 4) is 5.75 Å². The number of amides is 1. The summed E-state index contributed by atoms with van der Waals surface area (Å²) in [6.07, 6.45) is 0. The predicted molar refractivity (Wildman–Crippen MR) is 114 cm³/mol. The number of carbonyl (C=O) groups is 1. The third kappa shape index (κ3) is 5.23. The topological polar surface area (TPSA) is 44.8 Å². The van der Waals surface area contributed by atoms with E-state index in [9.17, 15) is 4.79 Å². The molecule has 0 unspecified atom stereocenters. The number of benzene rings is 2. The van der Waals surface area contributed by atoms with E-state index in [1.54, 1.807) is 0 Å². The van der Waals surface area contributed by atoms with E-state index in [0.717, 1.165) is 47.5 Å². The molecule has 0 radical (unpaired) electrons. The summed E-state index contributed by atoms with van der Waals surface area (Å²) >= 11 is 3.50. The van der Waals surface area contributed by atoms with Gasteiger partial charge < -0.3 is 19.9 Å². The van der Waals surface area contributed by atoms with Gasteiger partial charge in [0.15, 0.2) is 6.61 Å². The van der Waals surface area contributed by atoms with Gasteiger partial charge in [0, 0.05) is 37.6 Å². The average molecular weight is 432 g/mol. The van der Waals surface area contributed by atoms with Gasteiger partial charge in [-0.15, -0.1) is 0 Å². The zero-order valence-electron chi connectivity index (χ0n) is 16.1. The zero-order valence-corrected chi connectivity index (χ0v) is 17.7. The maximum atomic E-state index is 12.2. The van der Waals surface area contributed by atoms with E-state index in [4.69, 9.17) is 4.74 Å². The molecule has 27 heavy (non-hydrogen) atoms. The van der Waals surface area contributed by atoms with E-state index in [1.165, 1.54) is 5.69 Å². The Morgan fingerprint density at radius 3 is 2.41 bits per heavy atom. The Kier molecular flexibility index (Phi) is 6.39. The van der Waals surface area contributed by atoms with Gasteiger partial charge in [-0.3, -0.25) is 4.79 Å². The monoisotopic (exact) mass is 431 g/mol. The highest BCUT2D eigenvalue weighted by Gasteiger charge is 2.14. The average Bonchev–Trinajstić information content (AvgIpc) is 2.62. The van der Waals surface area contributed by atoms with Crippen molar-refractivity contribution in [3.05, 3.63) is 52.0 Å². The number of hydrogen-bond donors (Lipinski definition) is 1. The van der Waals surface area contributed by atoms with Crippen LogP contribution >= 0.6 is 15.9 Å². The molecular weight excluding hydrogens is 406 g/mol. The minimum Gasteiger partial charge on any atom is -0.482 e. The SMILES string of the molecule is Cc1cc(C)c(OCC(=O)Nc2ccc(N3CCN(C)CC3)cc2)c(Br)c1. The van der Waals surface area contributed by atoms with Gasteiger partial charge >= 0.3 is 0 Å². The van der Waals surface area contributed by atoms with Crippen LogP contribution in [0.25, 0.3) is 0 Å². The molecule has 0 aromatic heterocycles. The Balaban J connectivity index is 1.54. The number of anilines is 2. The van der Waals surface area contributed by atoms with Crippen LogP contribution in [0.1, 0.15) is 11.1 Å². The Morgan fingerprint density at radius 2 is 1.78 bits per heavy atom. The summed E-state index contributed by atoms with van der Waals surface area (Å²) < 4.78 is 6.58. The summed E-state index contributed by atoms with van der Waals surface area (Å²) in [6.45, 7) is 8.18. The van der Waals surface area contributed by atoms with E-state index >= 15 is 0 Å². The molecule has 0 bridgehead atoms. The first-order valence-electron chi connectivity index (χ1n) is 9.15. The fraction of sp³-hybridized carbons (Fsp3) is 0.381. The van der Waals surface area contributed by atoms with Crippen LogP contribution < -0.4 is 15.0 Å². The Labute approximate surface area is 169 Å². The Morgan fingerprint density at radius 1 is 1.11 bits per heavy atom. The molecule has 6 heteroatoms. The lowest BCUT2D eigenvalue weighted by Gasteiger charge is -2.34. The quantitative estimate of drug-likeness (QED) is 0.780. The largest absolute Gasteiger partial charge is 0.482 e. The molecule has 3 rings (SSSR count). The van der Waals surface area contributed by atoms with Crippen molar-refractivity contribution in [3.63, 3.8) is 0 Å². The van der Waals surface area contributed by atoms with Crippen LogP contribution in [0.15, 0.2) is 40.9 Å². The third-order valence-corrected chi connectivity index (χ3v) is 5.33. The van der Waals surface area contributed by atoms with Crippen molar-refractivity contribution in [2.75, 3.05) is 50.1 Å². The van der Waals surface area contributed by atoms with Gasteiger partial charge in [-0.2, -0.15) is 0 Å². The van der Waals surface area contributed by atoms with Crippen LogP contribution in [0.3, 0.4) is 0 Å². The number of halogens is 1. The summed E-state index contributed by atoms with van der Waals surface area (Å²) in [5, 5.41) is 2.89. The second kappa shape index (κ2) is 8.76. The number of nitrogens with zero attached hydrogens (tertiary/aromatic N) is 2. The minimum atomic E-state index is -0.172. The number of likely N-dealkylation sites (N-methyl/N-ethyl adjacent to an activating group) is 1. The van der Waals surface area contributed by atoms with Crippen molar-refractivity contribution in [1.82, 2.24) is 4.90 Å². The number of rotatable bonds is 5. The molecule has 1 N–H and O–H groups in total. The molecule has 1 aliphatic heterocycles. The number of ether oxygens (including phenoxy) is 1. The smallest absolute Gasteiger partial charge is 0.262 e. The maximum absolute atomic E-state index is 12.2. The number of hydrogen-bond acceptors (Lipinski definition) is 4. The maximum Gasteiger partial charge on any atom is 0.262 e. The molecule has 144 valence electrons. The van der Waals surface area contributed by atoms with E-state index in [0.29, 0.717) is 5.75 Å². The van der Waals surface area contributed by atoms with Gasteiger partial charge in [0.1, 0.15) is 5.75 Å². The predicted octanol–water partition coefficient (Wildman–Crippen LogP) is 3.84. The number of carbonyl (C=O) groups excluding carboxylic acids is 1. The van der Waals surface area contributed by atoms with E-state index in [-0.39, 0.29) is 12.5 Å². The summed E-state index contributed by atoms with van der Waals surface area (Å²) in [7, 11) is 2.15. The lowest BCUT2D eigenvalue weighted by Crippen LogP contribution is -2.44. The number of aryl methyl sites for hydroxylation is 2. The molecule has 0 aliphatic carbocycles. The van der Waals surface area contributed by atoms with Crippen LogP contribution in [0.5, 0.6) is 5.75 Å². The zero-order chi connectivity index (χ0) is 19.4. The highest BCUT2D eigenvalue weighted by atomic mass is 79.9. The summed E-state index contributed by atoms with van der Waals surface area (Å²) in [6, 6.07) is 12.0. The molecule has 0 spiro atoms. The third-order valence-electron chi connectivity index (χ3n) is 4.74. The number of nitrogens with one attached hydrogen (secondary N) is 1.